The molecule has 210 valence electrons. The largest absolute Gasteiger partial charge is 0.494 e. The molecule has 41 heavy (non-hydrogen) atoms. The van der Waals surface area contributed by atoms with E-state index in [1.807, 2.05) is 63.2 Å². The Bertz CT molecular complexity index is 1680. The lowest BCUT2D eigenvalue weighted by Crippen LogP contribution is -2.00. The molecule has 4 rings (SSSR count). The Labute approximate surface area is 239 Å². The van der Waals surface area contributed by atoms with Crippen molar-refractivity contribution >= 4 is 45.0 Å². The van der Waals surface area contributed by atoms with Crippen LogP contribution in [0.2, 0.25) is 0 Å². The summed E-state index contributed by atoms with van der Waals surface area (Å²) in [7, 11) is -4.52. The second-order valence-corrected chi connectivity index (χ2v) is 10.2. The molecule has 0 radical (unpaired) electrons. The molecule has 1 N–H and O–H groups in total. The first-order valence-corrected chi connectivity index (χ1v) is 14.4. The summed E-state index contributed by atoms with van der Waals surface area (Å²) < 4.78 is 45.0. The average molecular weight is 571 g/mol. The van der Waals surface area contributed by atoms with Gasteiger partial charge in [0.2, 0.25) is 0 Å². The van der Waals surface area contributed by atoms with Crippen molar-refractivity contribution in [1.82, 2.24) is 0 Å². The molecule has 0 heterocycles. The van der Waals surface area contributed by atoms with E-state index in [0.29, 0.717) is 35.8 Å². The molecular weight excluding hydrogens is 540 g/mol. The zero-order chi connectivity index (χ0) is 29.2. The van der Waals surface area contributed by atoms with Crippen LogP contribution >= 0.6 is 0 Å². The molecule has 0 aliphatic carbocycles. The van der Waals surface area contributed by atoms with Gasteiger partial charge in [0.1, 0.15) is 16.4 Å². The van der Waals surface area contributed by atoms with Crippen LogP contribution in [0.1, 0.15) is 30.5 Å². The summed E-state index contributed by atoms with van der Waals surface area (Å²) in [6.45, 7) is 6.90. The Kier molecular flexibility index (Phi) is 9.73. The summed E-state index contributed by atoms with van der Waals surface area (Å²) >= 11 is 0. The van der Waals surface area contributed by atoms with Crippen molar-refractivity contribution in [2.24, 2.45) is 20.5 Å². The van der Waals surface area contributed by atoms with Gasteiger partial charge in [-0.1, -0.05) is 24.3 Å². The Morgan fingerprint density at radius 2 is 1.05 bits per heavy atom. The number of aryl methyl sites for hydroxylation is 1. The predicted octanol–water partition coefficient (Wildman–Crippen LogP) is 9.04. The maximum atomic E-state index is 12.1. The summed E-state index contributed by atoms with van der Waals surface area (Å²) in [6, 6.07) is 24.4. The maximum Gasteiger partial charge on any atom is 0.295 e. The van der Waals surface area contributed by atoms with Gasteiger partial charge in [0, 0.05) is 0 Å². The van der Waals surface area contributed by atoms with Gasteiger partial charge in [0.05, 0.1) is 36.0 Å². The van der Waals surface area contributed by atoms with Crippen LogP contribution in [0.4, 0.5) is 22.7 Å². The monoisotopic (exact) mass is 570 g/mol. The molecule has 0 amide bonds. The van der Waals surface area contributed by atoms with E-state index < -0.39 is 10.1 Å². The summed E-state index contributed by atoms with van der Waals surface area (Å²) in [5.41, 5.74) is 4.31. The minimum atomic E-state index is -4.52. The van der Waals surface area contributed by atoms with Crippen molar-refractivity contribution in [3.05, 3.63) is 102 Å². The smallest absolute Gasteiger partial charge is 0.295 e. The van der Waals surface area contributed by atoms with Crippen molar-refractivity contribution in [2.45, 2.75) is 25.7 Å². The van der Waals surface area contributed by atoms with Gasteiger partial charge in [0.25, 0.3) is 10.1 Å². The number of azo groups is 2. The summed E-state index contributed by atoms with van der Waals surface area (Å²) in [5.74, 6) is 1.49. The Hall–Kier alpha value is -4.67. The number of nitrogens with zero attached hydrogens (tertiary/aromatic N) is 4. The fraction of sp³-hybridized carbons (Fsp3) is 0.161. The van der Waals surface area contributed by atoms with Gasteiger partial charge >= 0.3 is 0 Å². The Balaban J connectivity index is 1.50. The van der Waals surface area contributed by atoms with Crippen LogP contribution in [-0.2, 0) is 10.1 Å². The van der Waals surface area contributed by atoms with Crippen LogP contribution in [0.3, 0.4) is 0 Å². The lowest BCUT2D eigenvalue weighted by Gasteiger charge is -2.06. The molecule has 0 aliphatic heterocycles. The Morgan fingerprint density at radius 1 is 0.634 bits per heavy atom. The van der Waals surface area contributed by atoms with E-state index >= 15 is 0 Å². The van der Waals surface area contributed by atoms with E-state index in [4.69, 9.17) is 9.47 Å². The van der Waals surface area contributed by atoms with E-state index in [1.165, 1.54) is 6.07 Å². The number of ether oxygens (including phenoxy) is 2. The third-order valence-corrected chi connectivity index (χ3v) is 6.74. The maximum absolute atomic E-state index is 12.1. The van der Waals surface area contributed by atoms with E-state index in [1.54, 1.807) is 48.6 Å². The molecule has 0 spiro atoms. The highest BCUT2D eigenvalue weighted by Crippen LogP contribution is 2.28. The first kappa shape index (κ1) is 29.3. The highest BCUT2D eigenvalue weighted by Gasteiger charge is 2.15. The van der Waals surface area contributed by atoms with Crippen LogP contribution in [-0.4, -0.2) is 26.2 Å². The molecular formula is C31H30N4O5S. The molecule has 0 saturated heterocycles. The molecule has 9 nitrogen and oxygen atoms in total. The minimum Gasteiger partial charge on any atom is -0.494 e. The third kappa shape index (κ3) is 8.41. The molecule has 0 unspecified atom stereocenters. The van der Waals surface area contributed by atoms with Gasteiger partial charge in [-0.15, -0.1) is 0 Å². The van der Waals surface area contributed by atoms with Gasteiger partial charge in [-0.2, -0.15) is 28.9 Å². The first-order valence-electron chi connectivity index (χ1n) is 12.9. The zero-order valence-electron chi connectivity index (χ0n) is 22.9. The van der Waals surface area contributed by atoms with Crippen molar-refractivity contribution in [3.8, 4) is 11.5 Å². The Morgan fingerprint density at radius 3 is 1.51 bits per heavy atom. The first-order chi connectivity index (χ1) is 19.7. The fourth-order valence-electron chi connectivity index (χ4n) is 3.82. The third-order valence-electron chi connectivity index (χ3n) is 5.83. The van der Waals surface area contributed by atoms with E-state index in [-0.39, 0.29) is 10.6 Å². The van der Waals surface area contributed by atoms with Crippen molar-refractivity contribution in [2.75, 3.05) is 13.2 Å². The van der Waals surface area contributed by atoms with Crippen LogP contribution in [0.15, 0.2) is 110 Å². The van der Waals surface area contributed by atoms with Crippen molar-refractivity contribution in [1.29, 1.82) is 0 Å². The van der Waals surface area contributed by atoms with Crippen LogP contribution in [0.25, 0.3) is 12.2 Å². The lowest BCUT2D eigenvalue weighted by atomic mass is 10.1. The van der Waals surface area contributed by atoms with Crippen molar-refractivity contribution in [3.63, 3.8) is 0 Å². The van der Waals surface area contributed by atoms with E-state index in [2.05, 4.69) is 20.5 Å². The zero-order valence-corrected chi connectivity index (χ0v) is 23.7. The van der Waals surface area contributed by atoms with Crippen LogP contribution in [0.5, 0.6) is 11.5 Å². The quantitative estimate of drug-likeness (QED) is 0.109. The fourth-order valence-corrected chi connectivity index (χ4v) is 4.52. The summed E-state index contributed by atoms with van der Waals surface area (Å²) in [4.78, 5) is -0.268. The number of rotatable bonds is 11. The second-order valence-electron chi connectivity index (χ2n) is 8.83. The van der Waals surface area contributed by atoms with Gasteiger partial charge in [0.15, 0.2) is 0 Å². The number of benzene rings is 4. The molecule has 0 aliphatic rings. The normalized spacial score (nSPS) is 12.0. The molecule has 4 aromatic carbocycles. The standard InChI is InChI=1S/C31H30N4O5S/c1-4-39-29-16-12-25(13-17-29)32-34-27-10-8-23(22(3)20-27)6-7-24-9-11-28(21-31(24)41(36,37)38)35-33-26-14-18-30(19-15-26)40-5-2/h6-21H,4-5H2,1-3H3,(H,36,37,38)/b7-6+,34-32+,35-33+. The topological polar surface area (TPSA) is 122 Å². The van der Waals surface area contributed by atoms with Gasteiger partial charge < -0.3 is 9.47 Å². The van der Waals surface area contributed by atoms with Gasteiger partial charge in [-0.05, 0) is 110 Å². The average Bonchev–Trinajstić information content (AvgIpc) is 2.96. The minimum absolute atomic E-state index is 0.268. The van der Waals surface area contributed by atoms with Crippen molar-refractivity contribution < 1.29 is 22.4 Å². The number of hydrogen-bond donors (Lipinski definition) is 1. The molecule has 0 atom stereocenters. The van der Waals surface area contributed by atoms with Gasteiger partial charge in [-0.3, -0.25) is 4.55 Å². The lowest BCUT2D eigenvalue weighted by molar-refractivity contribution is 0.340. The molecule has 0 fully saturated rings. The predicted molar refractivity (Wildman–Crippen MR) is 160 cm³/mol. The van der Waals surface area contributed by atoms with Crippen LogP contribution in [0, 0.1) is 6.92 Å². The van der Waals surface area contributed by atoms with E-state index in [9.17, 15) is 13.0 Å². The molecule has 4 aromatic rings. The summed E-state index contributed by atoms with van der Waals surface area (Å²) in [6.07, 6.45) is 3.40. The SMILES string of the molecule is CCOc1ccc(/N=N/c2ccc(/C=C/c3ccc(/N=N/c4ccc(OCC)cc4)cc3S(=O)(=O)O)c(C)c2)cc1. The number of hydrogen-bond acceptors (Lipinski definition) is 8. The highest BCUT2D eigenvalue weighted by atomic mass is 32.2. The molecule has 10 heteroatoms. The molecule has 0 aromatic heterocycles. The second kappa shape index (κ2) is 13.6. The molecule has 0 bridgehead atoms. The summed E-state index contributed by atoms with van der Waals surface area (Å²) in [5, 5.41) is 16.8. The van der Waals surface area contributed by atoms with Gasteiger partial charge in [-0.25, -0.2) is 0 Å². The molecule has 0 saturated carbocycles. The highest BCUT2D eigenvalue weighted by molar-refractivity contribution is 7.86. The van der Waals surface area contributed by atoms with E-state index in [0.717, 1.165) is 22.6 Å². The van der Waals surface area contributed by atoms with Crippen LogP contribution < -0.4 is 9.47 Å².